The van der Waals surface area contributed by atoms with Crippen LogP contribution in [0.4, 0.5) is 0 Å². The molecule has 0 aliphatic heterocycles. The van der Waals surface area contributed by atoms with Crippen molar-refractivity contribution in [1.29, 1.82) is 0 Å². The van der Waals surface area contributed by atoms with Crippen LogP contribution in [0.1, 0.15) is 0 Å². The Kier molecular flexibility index (Phi) is 6.46. The molecule has 0 amide bonds. The molecule has 10 aromatic rings. The van der Waals surface area contributed by atoms with Crippen LogP contribution in [0.5, 0.6) is 0 Å². The Morgan fingerprint density at radius 2 is 1.08 bits per heavy atom. The van der Waals surface area contributed by atoms with E-state index in [2.05, 4.69) is 173 Å². The van der Waals surface area contributed by atoms with Crippen LogP contribution in [0.3, 0.4) is 0 Å². The van der Waals surface area contributed by atoms with Gasteiger partial charge in [0.15, 0.2) is 0 Å². The highest BCUT2D eigenvalue weighted by Gasteiger charge is 2.20. The molecule has 50 heavy (non-hydrogen) atoms. The first-order chi connectivity index (χ1) is 24.8. The summed E-state index contributed by atoms with van der Waals surface area (Å²) in [4.78, 5) is 10.3. The van der Waals surface area contributed by atoms with Gasteiger partial charge in [0.2, 0.25) is 0 Å². The van der Waals surface area contributed by atoms with E-state index in [0.29, 0.717) is 0 Å². The van der Waals surface area contributed by atoms with Crippen LogP contribution in [0, 0.1) is 0 Å². The summed E-state index contributed by atoms with van der Waals surface area (Å²) in [6, 6.07) is 62.3. The topological polar surface area (TPSA) is 35.6 Å². The molecule has 0 atom stereocenters. The Bertz CT molecular complexity index is 2790. The van der Waals surface area contributed by atoms with Crippen LogP contribution in [0.15, 0.2) is 182 Å². The molecule has 234 valence electrons. The molecule has 4 aromatic heterocycles. The number of aromatic nitrogens is 4. The van der Waals surface area contributed by atoms with Crippen molar-refractivity contribution in [1.82, 2.24) is 19.1 Å². The average molecular weight is 639 g/mol. The van der Waals surface area contributed by atoms with Crippen LogP contribution in [-0.4, -0.2) is 19.1 Å². The van der Waals surface area contributed by atoms with Crippen LogP contribution in [0.2, 0.25) is 0 Å². The number of nitrogens with zero attached hydrogens (tertiary/aromatic N) is 4. The number of hydrogen-bond donors (Lipinski definition) is 0. The predicted octanol–water partition coefficient (Wildman–Crippen LogP) is 11.7. The smallest absolute Gasteiger partial charge is 0.146 e. The molecule has 0 spiro atoms. The third-order valence-corrected chi connectivity index (χ3v) is 9.77. The lowest BCUT2D eigenvalue weighted by Crippen LogP contribution is -2.01. The van der Waals surface area contributed by atoms with Gasteiger partial charge in [-0.05, 0) is 65.2 Å². The van der Waals surface area contributed by atoms with Crippen molar-refractivity contribution >= 4 is 43.7 Å². The van der Waals surface area contributed by atoms with E-state index in [1.165, 1.54) is 27.4 Å². The van der Waals surface area contributed by atoms with Crippen molar-refractivity contribution in [3.63, 3.8) is 0 Å². The molecule has 0 radical (unpaired) electrons. The molecule has 4 heteroatoms. The Balaban J connectivity index is 1.27. The molecule has 0 saturated carbocycles. The fourth-order valence-electron chi connectivity index (χ4n) is 7.52. The van der Waals surface area contributed by atoms with E-state index < -0.39 is 0 Å². The van der Waals surface area contributed by atoms with Crippen LogP contribution >= 0.6 is 0 Å². The third-order valence-electron chi connectivity index (χ3n) is 9.77. The van der Waals surface area contributed by atoms with Crippen LogP contribution in [-0.2, 0) is 0 Å². The van der Waals surface area contributed by atoms with E-state index in [1.807, 2.05) is 18.3 Å². The number of benzene rings is 6. The van der Waals surface area contributed by atoms with Crippen LogP contribution < -0.4 is 0 Å². The van der Waals surface area contributed by atoms with Crippen LogP contribution in [0.25, 0.3) is 88.8 Å². The molecule has 4 nitrogen and oxygen atoms in total. The first-order valence-corrected chi connectivity index (χ1v) is 16.9. The fraction of sp³-hybridized carbons (Fsp3) is 0. The molecule has 0 saturated heterocycles. The molecule has 6 aromatic carbocycles. The zero-order chi connectivity index (χ0) is 33.0. The maximum atomic E-state index is 5.33. The maximum Gasteiger partial charge on any atom is 0.146 e. The lowest BCUT2D eigenvalue weighted by Gasteiger charge is -2.14. The predicted molar refractivity (Wildman–Crippen MR) is 207 cm³/mol. The molecule has 0 N–H and O–H groups in total. The van der Waals surface area contributed by atoms with E-state index in [1.54, 1.807) is 0 Å². The first-order valence-electron chi connectivity index (χ1n) is 16.9. The minimum atomic E-state index is 0.831. The largest absolute Gasteiger partial charge is 0.309 e. The number of para-hydroxylation sites is 3. The van der Waals surface area contributed by atoms with Crippen molar-refractivity contribution in [2.45, 2.75) is 0 Å². The van der Waals surface area contributed by atoms with E-state index in [0.717, 1.165) is 61.4 Å². The molecular formula is C46H30N4. The highest BCUT2D eigenvalue weighted by atomic mass is 15.1. The van der Waals surface area contributed by atoms with E-state index >= 15 is 0 Å². The number of fused-ring (bicyclic) bond motifs is 6. The van der Waals surface area contributed by atoms with Crippen molar-refractivity contribution < 1.29 is 0 Å². The van der Waals surface area contributed by atoms with E-state index in [9.17, 15) is 0 Å². The second-order valence-corrected chi connectivity index (χ2v) is 12.7. The Morgan fingerprint density at radius 1 is 0.400 bits per heavy atom. The molecule has 0 fully saturated rings. The summed E-state index contributed by atoms with van der Waals surface area (Å²) in [5.41, 5.74) is 12.0. The average Bonchev–Trinajstić information content (AvgIpc) is 3.71. The first kappa shape index (κ1) is 28.3. The van der Waals surface area contributed by atoms with Gasteiger partial charge in [-0.3, -0.25) is 4.57 Å². The maximum absolute atomic E-state index is 5.33. The van der Waals surface area contributed by atoms with Gasteiger partial charge in [0.25, 0.3) is 0 Å². The standard InChI is InChI=1S/C46H30N4/c1-4-14-31(15-5-1)34-28-41(32-16-6-2-7-17-32)48-44(30-34)50-43-29-33(25-26-38(43)40-23-13-27-47-46(40)50)36-21-12-22-39-37-20-10-11-24-42(37)49(45(36)39)35-18-8-3-9-19-35/h1-30H. The van der Waals surface area contributed by atoms with Gasteiger partial charge in [0.05, 0.1) is 22.2 Å². The second-order valence-electron chi connectivity index (χ2n) is 12.7. The van der Waals surface area contributed by atoms with Gasteiger partial charge in [-0.2, -0.15) is 0 Å². The summed E-state index contributed by atoms with van der Waals surface area (Å²) >= 11 is 0. The number of pyridine rings is 2. The molecule has 10 rings (SSSR count). The lowest BCUT2D eigenvalue weighted by atomic mass is 10.0. The summed E-state index contributed by atoms with van der Waals surface area (Å²) in [5, 5.41) is 4.71. The van der Waals surface area contributed by atoms with Gasteiger partial charge in [-0.25, -0.2) is 9.97 Å². The van der Waals surface area contributed by atoms with Gasteiger partial charge >= 0.3 is 0 Å². The van der Waals surface area contributed by atoms with Crippen molar-refractivity contribution in [3.05, 3.63) is 182 Å². The van der Waals surface area contributed by atoms with Crippen molar-refractivity contribution in [3.8, 4) is 45.0 Å². The highest BCUT2D eigenvalue weighted by molar-refractivity contribution is 6.15. The minimum absolute atomic E-state index is 0.831. The number of hydrogen-bond acceptors (Lipinski definition) is 2. The zero-order valence-corrected chi connectivity index (χ0v) is 27.1. The molecule has 4 heterocycles. The van der Waals surface area contributed by atoms with Gasteiger partial charge in [-0.1, -0.05) is 127 Å². The molecule has 0 aliphatic rings. The van der Waals surface area contributed by atoms with Crippen molar-refractivity contribution in [2.75, 3.05) is 0 Å². The second kappa shape index (κ2) is 11.4. The summed E-state index contributed by atoms with van der Waals surface area (Å²) in [5.74, 6) is 0.831. The van der Waals surface area contributed by atoms with E-state index in [4.69, 9.17) is 9.97 Å². The normalized spacial score (nSPS) is 11.6. The molecule has 0 unspecified atom stereocenters. The SMILES string of the molecule is c1ccc(-c2cc(-c3ccccc3)nc(-n3c4cc(-c5cccc6c7ccccc7n(-c7ccccc7)c56)ccc4c4cccnc43)c2)cc1. The van der Waals surface area contributed by atoms with Gasteiger partial charge in [0, 0.05) is 44.6 Å². The highest BCUT2D eigenvalue weighted by Crippen LogP contribution is 2.40. The Labute approximate surface area is 289 Å². The minimum Gasteiger partial charge on any atom is -0.309 e. The van der Waals surface area contributed by atoms with Gasteiger partial charge in [0.1, 0.15) is 11.5 Å². The summed E-state index contributed by atoms with van der Waals surface area (Å²) in [6.07, 6.45) is 1.87. The Morgan fingerprint density at radius 3 is 1.90 bits per heavy atom. The van der Waals surface area contributed by atoms with Gasteiger partial charge in [-0.15, -0.1) is 0 Å². The molecule has 0 bridgehead atoms. The van der Waals surface area contributed by atoms with Crippen molar-refractivity contribution in [2.24, 2.45) is 0 Å². The molecule has 0 aliphatic carbocycles. The quantitative estimate of drug-likeness (QED) is 0.188. The fourth-order valence-corrected chi connectivity index (χ4v) is 7.52. The summed E-state index contributed by atoms with van der Waals surface area (Å²) in [7, 11) is 0. The Hall–Kier alpha value is -6.78. The van der Waals surface area contributed by atoms with E-state index in [-0.39, 0.29) is 0 Å². The van der Waals surface area contributed by atoms with Gasteiger partial charge < -0.3 is 4.57 Å². The zero-order valence-electron chi connectivity index (χ0n) is 27.1. The summed E-state index contributed by atoms with van der Waals surface area (Å²) < 4.78 is 4.64. The third kappa shape index (κ3) is 4.46. The molecular weight excluding hydrogens is 609 g/mol. The lowest BCUT2D eigenvalue weighted by molar-refractivity contribution is 1.06. The summed E-state index contributed by atoms with van der Waals surface area (Å²) in [6.45, 7) is 0. The number of rotatable bonds is 5. The monoisotopic (exact) mass is 638 g/mol.